The van der Waals surface area contributed by atoms with Crippen molar-refractivity contribution >= 4 is 17.8 Å². The quantitative estimate of drug-likeness (QED) is 0.764. The number of piperidine rings is 1. The Morgan fingerprint density at radius 3 is 2.33 bits per heavy atom. The summed E-state index contributed by atoms with van der Waals surface area (Å²) in [4.78, 5) is 38.8. The zero-order valence-corrected chi connectivity index (χ0v) is 15.0. The number of benzene rings is 1. The van der Waals surface area contributed by atoms with E-state index in [0.29, 0.717) is 44.7 Å². The van der Waals surface area contributed by atoms with Crippen molar-refractivity contribution in [2.24, 2.45) is 0 Å². The van der Waals surface area contributed by atoms with Crippen molar-refractivity contribution in [1.29, 1.82) is 0 Å². The monoisotopic (exact) mass is 373 g/mol. The number of rotatable bonds is 4. The molecule has 8 heteroatoms. The summed E-state index contributed by atoms with van der Waals surface area (Å²) in [6.45, 7) is 2.33. The maximum absolute atomic E-state index is 12.7. The lowest BCUT2D eigenvalue weighted by molar-refractivity contribution is -0.187. The summed E-state index contributed by atoms with van der Waals surface area (Å²) in [5.41, 5.74) is -0.533. The summed E-state index contributed by atoms with van der Waals surface area (Å²) in [7, 11) is 0. The van der Waals surface area contributed by atoms with Crippen molar-refractivity contribution < 1.29 is 23.9 Å². The summed E-state index contributed by atoms with van der Waals surface area (Å²) in [6, 6.07) is 8.49. The van der Waals surface area contributed by atoms with Gasteiger partial charge >= 0.3 is 6.03 Å². The number of likely N-dealkylation sites (tertiary alicyclic amines) is 1. The van der Waals surface area contributed by atoms with E-state index >= 15 is 0 Å². The molecule has 1 atom stereocenters. The summed E-state index contributed by atoms with van der Waals surface area (Å²) < 4.78 is 11.4. The van der Waals surface area contributed by atoms with Gasteiger partial charge in [-0.15, -0.1) is 0 Å². The first-order valence-electron chi connectivity index (χ1n) is 9.28. The molecule has 1 aromatic carbocycles. The van der Waals surface area contributed by atoms with Gasteiger partial charge in [0.1, 0.15) is 5.54 Å². The maximum atomic E-state index is 12.7. The molecule has 1 spiro atoms. The third kappa shape index (κ3) is 3.30. The minimum Gasteiger partial charge on any atom is -0.347 e. The Kier molecular flexibility index (Phi) is 4.61. The summed E-state index contributed by atoms with van der Waals surface area (Å²) >= 11 is 0. The van der Waals surface area contributed by atoms with Crippen molar-refractivity contribution in [2.45, 2.75) is 37.0 Å². The normalized spacial score (nSPS) is 26.9. The van der Waals surface area contributed by atoms with Crippen molar-refractivity contribution in [3.05, 3.63) is 35.9 Å². The molecule has 8 nitrogen and oxygen atoms in total. The van der Waals surface area contributed by atoms with E-state index in [9.17, 15) is 14.4 Å². The molecule has 0 bridgehead atoms. The van der Waals surface area contributed by atoms with Crippen LogP contribution in [-0.4, -0.2) is 54.8 Å². The summed E-state index contributed by atoms with van der Waals surface area (Å²) in [6.07, 6.45) is 1.68. The number of imide groups is 1. The Morgan fingerprint density at radius 1 is 1.07 bits per heavy atom. The van der Waals surface area contributed by atoms with Crippen LogP contribution in [0.3, 0.4) is 0 Å². The number of carbonyl (C=O) groups excluding carboxylic acids is 3. The van der Waals surface area contributed by atoms with Gasteiger partial charge in [-0.3, -0.25) is 14.9 Å². The Morgan fingerprint density at radius 2 is 1.74 bits per heavy atom. The first-order chi connectivity index (χ1) is 13.0. The third-order valence-electron chi connectivity index (χ3n) is 5.61. The van der Waals surface area contributed by atoms with E-state index in [1.54, 1.807) is 17.0 Å². The highest BCUT2D eigenvalue weighted by Gasteiger charge is 2.48. The van der Waals surface area contributed by atoms with E-state index in [4.69, 9.17) is 9.47 Å². The molecular formula is C19H23N3O5. The molecule has 3 aliphatic heterocycles. The standard InChI is InChI=1S/C19H23N3O5/c23-15(22-10-8-18(9-11-22)26-12-13-27-18)6-7-19(14-4-2-1-3-5-14)16(24)20-17(25)21-19/h1-5H,6-13H2,(H2,20,21,24,25). The Labute approximate surface area is 157 Å². The van der Waals surface area contributed by atoms with Gasteiger partial charge in [-0.1, -0.05) is 30.3 Å². The molecule has 27 heavy (non-hydrogen) atoms. The van der Waals surface area contributed by atoms with Gasteiger partial charge in [0.15, 0.2) is 5.79 Å². The van der Waals surface area contributed by atoms with Gasteiger partial charge in [0.2, 0.25) is 5.91 Å². The molecule has 144 valence electrons. The van der Waals surface area contributed by atoms with Crippen LogP contribution >= 0.6 is 0 Å². The van der Waals surface area contributed by atoms with Crippen LogP contribution in [-0.2, 0) is 24.6 Å². The molecule has 0 saturated carbocycles. The lowest BCUT2D eigenvalue weighted by atomic mass is 9.85. The number of hydrogen-bond acceptors (Lipinski definition) is 5. The largest absolute Gasteiger partial charge is 0.347 e. The van der Waals surface area contributed by atoms with Gasteiger partial charge in [-0.05, 0) is 12.0 Å². The van der Waals surface area contributed by atoms with Crippen LogP contribution in [0, 0.1) is 0 Å². The SMILES string of the molecule is O=C1NC(=O)C(CCC(=O)N2CCC3(CC2)OCCO3)(c2ccccc2)N1. The number of amides is 4. The maximum Gasteiger partial charge on any atom is 0.322 e. The Bertz CT molecular complexity index is 737. The minimum absolute atomic E-state index is 0.0351. The van der Waals surface area contributed by atoms with Gasteiger partial charge in [-0.25, -0.2) is 4.79 Å². The molecule has 0 aliphatic carbocycles. The third-order valence-corrected chi connectivity index (χ3v) is 5.61. The molecule has 4 rings (SSSR count). The summed E-state index contributed by atoms with van der Waals surface area (Å²) in [5, 5.41) is 5.02. The van der Waals surface area contributed by atoms with E-state index in [-0.39, 0.29) is 18.7 Å². The second-order valence-corrected chi connectivity index (χ2v) is 7.17. The number of ether oxygens (including phenoxy) is 2. The number of hydrogen-bond donors (Lipinski definition) is 2. The van der Waals surface area contributed by atoms with Crippen molar-refractivity contribution in [2.75, 3.05) is 26.3 Å². The fourth-order valence-electron chi connectivity index (χ4n) is 4.07. The van der Waals surface area contributed by atoms with Crippen molar-refractivity contribution in [3.8, 4) is 0 Å². The fourth-order valence-corrected chi connectivity index (χ4v) is 4.07. The summed E-state index contributed by atoms with van der Waals surface area (Å²) in [5.74, 6) is -0.981. The van der Waals surface area contributed by atoms with Crippen LogP contribution in [0.1, 0.15) is 31.2 Å². The number of nitrogens with one attached hydrogen (secondary N) is 2. The Balaban J connectivity index is 1.42. The zero-order valence-electron chi connectivity index (χ0n) is 15.0. The molecular weight excluding hydrogens is 350 g/mol. The van der Waals surface area contributed by atoms with Gasteiger partial charge in [0.05, 0.1) is 13.2 Å². The second kappa shape index (κ2) is 6.94. The molecule has 4 amide bonds. The molecule has 0 radical (unpaired) electrons. The zero-order chi connectivity index (χ0) is 18.9. The van der Waals surface area contributed by atoms with E-state index in [0.717, 1.165) is 0 Å². The number of carbonyl (C=O) groups is 3. The topological polar surface area (TPSA) is 97.0 Å². The fraction of sp³-hybridized carbons (Fsp3) is 0.526. The van der Waals surface area contributed by atoms with E-state index < -0.39 is 23.3 Å². The van der Waals surface area contributed by atoms with Crippen molar-refractivity contribution in [1.82, 2.24) is 15.5 Å². The van der Waals surface area contributed by atoms with Crippen LogP contribution in [0.4, 0.5) is 4.79 Å². The van der Waals surface area contributed by atoms with Crippen LogP contribution in [0.25, 0.3) is 0 Å². The van der Waals surface area contributed by atoms with Crippen LogP contribution in [0.15, 0.2) is 30.3 Å². The first kappa shape index (κ1) is 17.9. The average molecular weight is 373 g/mol. The minimum atomic E-state index is -1.21. The highest BCUT2D eigenvalue weighted by atomic mass is 16.7. The molecule has 1 aromatic rings. The molecule has 3 heterocycles. The highest BCUT2D eigenvalue weighted by molar-refractivity contribution is 6.07. The van der Waals surface area contributed by atoms with Gasteiger partial charge in [0.25, 0.3) is 5.91 Å². The second-order valence-electron chi connectivity index (χ2n) is 7.17. The Hall–Kier alpha value is -2.45. The predicted molar refractivity (Wildman–Crippen MR) is 94.5 cm³/mol. The predicted octanol–water partition coefficient (Wildman–Crippen LogP) is 0.867. The molecule has 2 N–H and O–H groups in total. The van der Waals surface area contributed by atoms with Crippen LogP contribution < -0.4 is 10.6 Å². The molecule has 3 saturated heterocycles. The number of nitrogens with zero attached hydrogens (tertiary/aromatic N) is 1. The van der Waals surface area contributed by atoms with E-state index in [1.165, 1.54) is 0 Å². The van der Waals surface area contributed by atoms with Crippen molar-refractivity contribution in [3.63, 3.8) is 0 Å². The van der Waals surface area contributed by atoms with Gasteiger partial charge < -0.3 is 19.7 Å². The molecule has 3 aliphatic rings. The molecule has 1 unspecified atom stereocenters. The smallest absolute Gasteiger partial charge is 0.322 e. The lowest BCUT2D eigenvalue weighted by Crippen LogP contribution is -2.48. The average Bonchev–Trinajstić information content (AvgIpc) is 3.25. The highest BCUT2D eigenvalue weighted by Crippen LogP contribution is 2.33. The first-order valence-corrected chi connectivity index (χ1v) is 9.28. The lowest BCUT2D eigenvalue weighted by Gasteiger charge is -2.38. The van der Waals surface area contributed by atoms with Gasteiger partial charge in [-0.2, -0.15) is 0 Å². The molecule has 3 fully saturated rings. The van der Waals surface area contributed by atoms with Gasteiger partial charge in [0, 0.05) is 32.4 Å². The number of urea groups is 1. The van der Waals surface area contributed by atoms with Crippen LogP contribution in [0.5, 0.6) is 0 Å². The molecule has 0 aromatic heterocycles. The van der Waals surface area contributed by atoms with E-state index in [2.05, 4.69) is 10.6 Å². The van der Waals surface area contributed by atoms with E-state index in [1.807, 2.05) is 18.2 Å². The van der Waals surface area contributed by atoms with Crippen LogP contribution in [0.2, 0.25) is 0 Å².